The van der Waals surface area contributed by atoms with E-state index in [-0.39, 0.29) is 10.8 Å². The van der Waals surface area contributed by atoms with Crippen molar-refractivity contribution in [1.29, 1.82) is 0 Å². The van der Waals surface area contributed by atoms with Crippen molar-refractivity contribution < 1.29 is 0 Å². The van der Waals surface area contributed by atoms with Gasteiger partial charge < -0.3 is 4.57 Å². The summed E-state index contributed by atoms with van der Waals surface area (Å²) in [4.78, 5) is 16.1. The predicted molar refractivity (Wildman–Crippen MR) is 258 cm³/mol. The number of benzene rings is 8. The molecule has 0 fully saturated rings. The van der Waals surface area contributed by atoms with Gasteiger partial charge in [-0.25, -0.2) is 4.98 Å². The summed E-state index contributed by atoms with van der Waals surface area (Å²) in [5, 5.41) is 7.32. The van der Waals surface area contributed by atoms with Crippen molar-refractivity contribution in [1.82, 2.24) is 24.1 Å². The number of nitrogens with zero attached hydrogens (tertiary/aromatic N) is 5. The van der Waals surface area contributed by atoms with Crippen molar-refractivity contribution in [3.8, 4) is 45.5 Å². The Morgan fingerprint density at radius 2 is 0.968 bits per heavy atom. The normalized spacial score (nSPS) is 14.6. The molecule has 1 aliphatic rings. The van der Waals surface area contributed by atoms with Gasteiger partial charge in [-0.1, -0.05) is 155 Å². The Morgan fingerprint density at radius 3 is 1.74 bits per heavy atom. The summed E-state index contributed by atoms with van der Waals surface area (Å²) in [5.41, 5.74) is 12.7. The van der Waals surface area contributed by atoms with Crippen molar-refractivity contribution in [2.45, 2.75) is 51.4 Å². The second-order valence-electron chi connectivity index (χ2n) is 18.3. The lowest BCUT2D eigenvalue weighted by atomic mass is 9.63. The molecule has 0 saturated carbocycles. The number of hydrogen-bond acceptors (Lipinski definition) is 3. The largest absolute Gasteiger partial charge is 0.309 e. The van der Waals surface area contributed by atoms with E-state index in [9.17, 15) is 0 Å². The van der Waals surface area contributed by atoms with E-state index < -0.39 is 0 Å². The molecule has 0 atom stereocenters. The Morgan fingerprint density at radius 1 is 0.403 bits per heavy atom. The molecule has 5 heteroatoms. The van der Waals surface area contributed by atoms with Gasteiger partial charge in [0.2, 0.25) is 5.95 Å². The third-order valence-corrected chi connectivity index (χ3v) is 13.6. The molecular weight excluding hydrogens is 755 g/mol. The average molecular weight is 800 g/mol. The summed E-state index contributed by atoms with van der Waals surface area (Å²) in [5.74, 6) is 1.87. The fraction of sp³-hybridized carbons (Fsp3) is 0.140. The first-order valence-corrected chi connectivity index (χ1v) is 21.7. The molecule has 0 saturated heterocycles. The highest BCUT2D eigenvalue weighted by molar-refractivity contribution is 6.29. The third-order valence-electron chi connectivity index (χ3n) is 13.6. The first kappa shape index (κ1) is 36.5. The molecule has 11 aromatic rings. The van der Waals surface area contributed by atoms with Gasteiger partial charge in [-0.2, -0.15) is 9.97 Å². The number of rotatable bonds is 5. The van der Waals surface area contributed by atoms with Crippen molar-refractivity contribution >= 4 is 54.4 Å². The lowest BCUT2D eigenvalue weighted by Gasteiger charge is -2.42. The van der Waals surface area contributed by atoms with Gasteiger partial charge in [0.15, 0.2) is 11.6 Å². The molecule has 298 valence electrons. The van der Waals surface area contributed by atoms with E-state index >= 15 is 0 Å². The highest BCUT2D eigenvalue weighted by atomic mass is 15.2. The zero-order valence-corrected chi connectivity index (χ0v) is 35.4. The maximum Gasteiger partial charge on any atom is 0.238 e. The van der Waals surface area contributed by atoms with Crippen LogP contribution in [0, 0.1) is 0 Å². The first-order chi connectivity index (χ1) is 30.2. The molecule has 0 unspecified atom stereocenters. The molecule has 0 aliphatic heterocycles. The molecule has 0 amide bonds. The highest BCUT2D eigenvalue weighted by Gasteiger charge is 2.38. The first-order valence-electron chi connectivity index (χ1n) is 21.7. The molecule has 0 radical (unpaired) electrons. The second kappa shape index (κ2) is 13.6. The van der Waals surface area contributed by atoms with Crippen molar-refractivity contribution in [3.05, 3.63) is 187 Å². The van der Waals surface area contributed by atoms with E-state index in [0.29, 0.717) is 17.6 Å². The van der Waals surface area contributed by atoms with E-state index in [1.807, 2.05) is 6.07 Å². The minimum Gasteiger partial charge on any atom is -0.309 e. The second-order valence-corrected chi connectivity index (χ2v) is 18.3. The van der Waals surface area contributed by atoms with Crippen molar-refractivity contribution in [2.75, 3.05) is 0 Å². The van der Waals surface area contributed by atoms with E-state index in [2.05, 4.69) is 207 Å². The lowest BCUT2D eigenvalue weighted by molar-refractivity contribution is 0.332. The molecular formula is C57H45N5. The van der Waals surface area contributed by atoms with Crippen LogP contribution < -0.4 is 0 Å². The van der Waals surface area contributed by atoms with Gasteiger partial charge in [0.25, 0.3) is 0 Å². The monoisotopic (exact) mass is 799 g/mol. The van der Waals surface area contributed by atoms with Crippen LogP contribution in [-0.2, 0) is 10.8 Å². The average Bonchev–Trinajstić information content (AvgIpc) is 3.83. The summed E-state index contributed by atoms with van der Waals surface area (Å²) in [6, 6.07) is 63.2. The van der Waals surface area contributed by atoms with Crippen molar-refractivity contribution in [3.63, 3.8) is 0 Å². The van der Waals surface area contributed by atoms with Gasteiger partial charge in [-0.3, -0.25) is 4.57 Å². The molecule has 0 bridgehead atoms. The highest BCUT2D eigenvalue weighted by Crippen LogP contribution is 2.50. The molecule has 0 N–H and O–H groups in total. The van der Waals surface area contributed by atoms with Gasteiger partial charge in [0, 0.05) is 38.4 Å². The maximum absolute atomic E-state index is 5.48. The number of hydrogen-bond donors (Lipinski definition) is 0. The van der Waals surface area contributed by atoms with Crippen LogP contribution in [0.25, 0.3) is 99.9 Å². The zero-order chi connectivity index (χ0) is 41.7. The minimum atomic E-state index is 0.000489. The molecule has 3 aromatic heterocycles. The predicted octanol–water partition coefficient (Wildman–Crippen LogP) is 14.6. The van der Waals surface area contributed by atoms with Crippen LogP contribution in [0.15, 0.2) is 176 Å². The van der Waals surface area contributed by atoms with E-state index in [4.69, 9.17) is 15.0 Å². The summed E-state index contributed by atoms with van der Waals surface area (Å²) in [7, 11) is 0. The van der Waals surface area contributed by atoms with E-state index in [1.165, 1.54) is 60.0 Å². The number of para-hydroxylation sites is 2. The molecule has 8 aromatic carbocycles. The minimum absolute atomic E-state index is 0.000489. The fourth-order valence-corrected chi connectivity index (χ4v) is 10.3. The summed E-state index contributed by atoms with van der Waals surface area (Å²) in [6.45, 7) is 9.64. The van der Waals surface area contributed by atoms with E-state index in [1.54, 1.807) is 0 Å². The topological polar surface area (TPSA) is 48.5 Å². The molecule has 62 heavy (non-hydrogen) atoms. The Bertz CT molecular complexity index is 3570. The van der Waals surface area contributed by atoms with Gasteiger partial charge >= 0.3 is 0 Å². The standard InChI is InChI=1S/C57H45N5/c1-56(2)31-32-57(3,4)46-35-50-44(34-45(46)56)52-49(30-29-48-51(52)43-26-13-14-28-47(43)61(48)40-23-9-6-10-24-40)62(50)55-59-53(37-18-7-5-8-19-37)58-54(60-55)39-22-15-21-38(33-39)42-27-16-20-36-17-11-12-25-41(36)42/h5-30,33-35H,31-32H2,1-4H3. The van der Waals surface area contributed by atoms with Crippen LogP contribution in [0.5, 0.6) is 0 Å². The Balaban J connectivity index is 1.19. The van der Waals surface area contributed by atoms with E-state index in [0.717, 1.165) is 46.3 Å². The molecule has 5 nitrogen and oxygen atoms in total. The Labute approximate surface area is 361 Å². The van der Waals surface area contributed by atoms with Crippen LogP contribution in [0.4, 0.5) is 0 Å². The van der Waals surface area contributed by atoms with Gasteiger partial charge in [0.05, 0.1) is 22.1 Å². The van der Waals surface area contributed by atoms with Crippen LogP contribution in [0.3, 0.4) is 0 Å². The fourth-order valence-electron chi connectivity index (χ4n) is 10.3. The lowest BCUT2D eigenvalue weighted by Crippen LogP contribution is -2.33. The summed E-state index contributed by atoms with van der Waals surface area (Å²) >= 11 is 0. The van der Waals surface area contributed by atoms with Crippen LogP contribution >= 0.6 is 0 Å². The van der Waals surface area contributed by atoms with Gasteiger partial charge in [0.1, 0.15) is 0 Å². The van der Waals surface area contributed by atoms with Gasteiger partial charge in [-0.05, 0) is 105 Å². The molecule has 3 heterocycles. The van der Waals surface area contributed by atoms with Crippen LogP contribution in [0.2, 0.25) is 0 Å². The Kier molecular flexibility index (Phi) is 7.98. The zero-order valence-electron chi connectivity index (χ0n) is 35.4. The quantitative estimate of drug-likeness (QED) is 0.174. The van der Waals surface area contributed by atoms with Crippen molar-refractivity contribution in [2.24, 2.45) is 0 Å². The SMILES string of the molecule is CC1(C)CCC(C)(C)c2cc3c(cc21)c1c2c4ccccc4n(-c4ccccc4)c2ccc1n3-c1nc(-c2ccccc2)nc(-c2cccc(-c3cccc4ccccc34)c2)n1. The number of aromatic nitrogens is 5. The third kappa shape index (κ3) is 5.58. The molecule has 1 aliphatic carbocycles. The summed E-state index contributed by atoms with van der Waals surface area (Å²) in [6.07, 6.45) is 2.25. The van der Waals surface area contributed by atoms with Crippen LogP contribution in [-0.4, -0.2) is 24.1 Å². The molecule has 12 rings (SSSR count). The Hall–Kier alpha value is -7.37. The maximum atomic E-state index is 5.48. The number of fused-ring (bicyclic) bond motifs is 9. The van der Waals surface area contributed by atoms with Crippen LogP contribution in [0.1, 0.15) is 51.7 Å². The smallest absolute Gasteiger partial charge is 0.238 e. The summed E-state index contributed by atoms with van der Waals surface area (Å²) < 4.78 is 4.74. The molecule has 0 spiro atoms. The van der Waals surface area contributed by atoms with Gasteiger partial charge in [-0.15, -0.1) is 0 Å².